The van der Waals surface area contributed by atoms with Crippen LogP contribution in [0.5, 0.6) is 5.75 Å². The zero-order chi connectivity index (χ0) is 17.7. The fraction of sp³-hybridized carbons (Fsp3) is 0.500. The quantitative estimate of drug-likeness (QED) is 0.911. The number of amides is 2. The van der Waals surface area contributed by atoms with Crippen molar-refractivity contribution in [3.05, 3.63) is 29.8 Å². The number of benzene rings is 1. The van der Waals surface area contributed by atoms with Crippen molar-refractivity contribution in [1.82, 2.24) is 10.2 Å². The van der Waals surface area contributed by atoms with Gasteiger partial charge in [-0.1, -0.05) is 12.1 Å². The largest absolute Gasteiger partial charge is 0.483 e. The number of alkyl halides is 3. The highest BCUT2D eigenvalue weighted by atomic mass is 19.4. The van der Waals surface area contributed by atoms with E-state index in [0.717, 1.165) is 0 Å². The van der Waals surface area contributed by atoms with Gasteiger partial charge in [-0.15, -0.1) is 0 Å². The molecule has 1 saturated heterocycles. The van der Waals surface area contributed by atoms with E-state index >= 15 is 0 Å². The van der Waals surface area contributed by atoms with Crippen LogP contribution >= 0.6 is 0 Å². The first-order valence-corrected chi connectivity index (χ1v) is 7.61. The maximum absolute atomic E-state index is 12.8. The van der Waals surface area contributed by atoms with Crippen molar-refractivity contribution >= 4 is 11.8 Å². The van der Waals surface area contributed by atoms with Crippen molar-refractivity contribution in [3.63, 3.8) is 0 Å². The maximum atomic E-state index is 12.8. The van der Waals surface area contributed by atoms with Gasteiger partial charge >= 0.3 is 6.18 Å². The van der Waals surface area contributed by atoms with E-state index in [1.165, 1.54) is 18.0 Å². The van der Waals surface area contributed by atoms with E-state index in [4.69, 9.17) is 4.74 Å². The zero-order valence-corrected chi connectivity index (χ0v) is 13.2. The molecular formula is C16H19F3N2O3. The van der Waals surface area contributed by atoms with Crippen molar-refractivity contribution in [2.75, 3.05) is 26.7 Å². The van der Waals surface area contributed by atoms with Crippen LogP contribution < -0.4 is 10.1 Å². The number of hydrogen-bond donors (Lipinski definition) is 1. The third kappa shape index (κ3) is 4.39. The average molecular weight is 344 g/mol. The Bertz CT molecular complexity index is 604. The van der Waals surface area contributed by atoms with Gasteiger partial charge in [0.05, 0.1) is 11.5 Å². The first-order valence-electron chi connectivity index (χ1n) is 7.61. The van der Waals surface area contributed by atoms with Crippen LogP contribution in [0.25, 0.3) is 0 Å². The minimum absolute atomic E-state index is 0.0354. The summed E-state index contributed by atoms with van der Waals surface area (Å²) in [6, 6.07) is 6.37. The van der Waals surface area contributed by atoms with Crippen molar-refractivity contribution in [2.24, 2.45) is 5.92 Å². The Morgan fingerprint density at radius 2 is 2.04 bits per heavy atom. The number of piperidine rings is 1. The zero-order valence-electron chi connectivity index (χ0n) is 13.2. The maximum Gasteiger partial charge on any atom is 0.393 e. The predicted octanol–water partition coefficient (Wildman–Crippen LogP) is 2.23. The Kier molecular flexibility index (Phi) is 5.69. The lowest BCUT2D eigenvalue weighted by Gasteiger charge is -2.33. The molecule has 24 heavy (non-hydrogen) atoms. The van der Waals surface area contributed by atoms with Gasteiger partial charge in [-0.25, -0.2) is 0 Å². The van der Waals surface area contributed by atoms with Crippen molar-refractivity contribution in [1.29, 1.82) is 0 Å². The van der Waals surface area contributed by atoms with Gasteiger partial charge in [0.1, 0.15) is 5.75 Å². The molecule has 2 rings (SSSR count). The smallest absolute Gasteiger partial charge is 0.393 e. The minimum atomic E-state index is -4.30. The number of hydrogen-bond acceptors (Lipinski definition) is 3. The molecule has 0 saturated carbocycles. The Balaban J connectivity index is 1.97. The number of nitrogens with one attached hydrogen (secondary N) is 1. The van der Waals surface area contributed by atoms with Gasteiger partial charge in [0.25, 0.3) is 11.8 Å². The van der Waals surface area contributed by atoms with Crippen LogP contribution in [0.1, 0.15) is 23.2 Å². The third-order valence-electron chi connectivity index (χ3n) is 3.95. The second kappa shape index (κ2) is 7.55. The highest BCUT2D eigenvalue weighted by molar-refractivity contribution is 5.96. The molecule has 1 unspecified atom stereocenters. The van der Waals surface area contributed by atoms with E-state index in [1.807, 2.05) is 0 Å². The normalized spacial score (nSPS) is 18.2. The summed E-state index contributed by atoms with van der Waals surface area (Å²) in [5.74, 6) is -2.16. The average Bonchev–Trinajstić information content (AvgIpc) is 2.58. The summed E-state index contributed by atoms with van der Waals surface area (Å²) in [6.45, 7) is -0.465. The van der Waals surface area contributed by atoms with E-state index in [2.05, 4.69) is 5.32 Å². The molecule has 5 nitrogen and oxygen atoms in total. The second-order valence-electron chi connectivity index (χ2n) is 5.58. The summed E-state index contributed by atoms with van der Waals surface area (Å²) in [6.07, 6.45) is -3.95. The summed E-state index contributed by atoms with van der Waals surface area (Å²) in [4.78, 5) is 25.0. The number of para-hydroxylation sites is 1. The first-order chi connectivity index (χ1) is 11.3. The molecule has 0 aromatic heterocycles. The standard InChI is InChI=1S/C16H19F3N2O3/c1-20-15(23)12-6-2-3-7-13(12)24-10-14(22)21-8-4-5-11(9-21)16(17,18)19/h2-3,6-7,11H,4-5,8-10H2,1H3,(H,20,23). The topological polar surface area (TPSA) is 58.6 Å². The van der Waals surface area contributed by atoms with Crippen molar-refractivity contribution in [2.45, 2.75) is 19.0 Å². The van der Waals surface area contributed by atoms with E-state index in [1.54, 1.807) is 18.2 Å². The summed E-state index contributed by atoms with van der Waals surface area (Å²) >= 11 is 0. The molecule has 1 aliphatic heterocycles. The number of ether oxygens (including phenoxy) is 1. The Hall–Kier alpha value is -2.25. The van der Waals surface area contributed by atoms with Crippen LogP contribution in [0.2, 0.25) is 0 Å². The molecule has 1 aromatic carbocycles. The summed E-state index contributed by atoms with van der Waals surface area (Å²) in [7, 11) is 1.47. The second-order valence-corrected chi connectivity index (χ2v) is 5.58. The molecule has 1 heterocycles. The van der Waals surface area contributed by atoms with Crippen LogP contribution in [0.15, 0.2) is 24.3 Å². The lowest BCUT2D eigenvalue weighted by Crippen LogP contribution is -2.46. The predicted molar refractivity (Wildman–Crippen MR) is 80.7 cm³/mol. The molecule has 0 radical (unpaired) electrons. The van der Waals surface area contributed by atoms with E-state index in [9.17, 15) is 22.8 Å². The number of carbonyl (C=O) groups is 2. The third-order valence-corrected chi connectivity index (χ3v) is 3.95. The molecule has 1 N–H and O–H groups in total. The van der Waals surface area contributed by atoms with Gasteiger partial charge in [-0.3, -0.25) is 9.59 Å². The molecule has 1 atom stereocenters. The molecule has 0 bridgehead atoms. The number of halogens is 3. The molecule has 8 heteroatoms. The van der Waals surface area contributed by atoms with Crippen LogP contribution in [0, 0.1) is 5.92 Å². The molecule has 2 amide bonds. The van der Waals surface area contributed by atoms with Crippen LogP contribution in [0.4, 0.5) is 13.2 Å². The van der Waals surface area contributed by atoms with Crippen LogP contribution in [0.3, 0.4) is 0 Å². The van der Waals surface area contributed by atoms with Gasteiger partial charge < -0.3 is 15.0 Å². The minimum Gasteiger partial charge on any atom is -0.483 e. The molecule has 0 spiro atoms. The van der Waals surface area contributed by atoms with Crippen LogP contribution in [-0.4, -0.2) is 49.6 Å². The van der Waals surface area contributed by atoms with Gasteiger partial charge in [-0.2, -0.15) is 13.2 Å². The molecule has 1 aliphatic rings. The number of likely N-dealkylation sites (tertiary alicyclic amines) is 1. The fourth-order valence-electron chi connectivity index (χ4n) is 2.62. The van der Waals surface area contributed by atoms with Crippen LogP contribution in [-0.2, 0) is 4.79 Å². The fourth-order valence-corrected chi connectivity index (χ4v) is 2.62. The monoisotopic (exact) mass is 344 g/mol. The molecule has 0 aliphatic carbocycles. The highest BCUT2D eigenvalue weighted by Gasteiger charge is 2.42. The van der Waals surface area contributed by atoms with E-state index in [0.29, 0.717) is 6.42 Å². The molecular weight excluding hydrogens is 325 g/mol. The lowest BCUT2D eigenvalue weighted by atomic mass is 9.97. The van der Waals surface area contributed by atoms with Gasteiger partial charge in [-0.05, 0) is 25.0 Å². The number of rotatable bonds is 4. The van der Waals surface area contributed by atoms with Crippen molar-refractivity contribution in [3.8, 4) is 5.75 Å². The Morgan fingerprint density at radius 1 is 1.33 bits per heavy atom. The molecule has 1 fully saturated rings. The summed E-state index contributed by atoms with van der Waals surface area (Å²) in [5, 5.41) is 2.46. The van der Waals surface area contributed by atoms with E-state index < -0.39 is 24.6 Å². The Morgan fingerprint density at radius 3 is 2.71 bits per heavy atom. The molecule has 1 aromatic rings. The Labute approximate surface area is 137 Å². The number of carbonyl (C=O) groups excluding carboxylic acids is 2. The SMILES string of the molecule is CNC(=O)c1ccccc1OCC(=O)N1CCCC(C(F)(F)F)C1. The number of nitrogens with zero attached hydrogens (tertiary/aromatic N) is 1. The first kappa shape index (κ1) is 18.1. The van der Waals surface area contributed by atoms with E-state index in [-0.39, 0.29) is 36.7 Å². The molecule has 132 valence electrons. The van der Waals surface area contributed by atoms with Gasteiger partial charge in [0.2, 0.25) is 0 Å². The summed E-state index contributed by atoms with van der Waals surface area (Å²) < 4.78 is 43.8. The van der Waals surface area contributed by atoms with Gasteiger partial charge in [0.15, 0.2) is 6.61 Å². The van der Waals surface area contributed by atoms with Gasteiger partial charge in [0, 0.05) is 20.1 Å². The highest BCUT2D eigenvalue weighted by Crippen LogP contribution is 2.33. The summed E-state index contributed by atoms with van der Waals surface area (Å²) in [5.41, 5.74) is 0.264. The van der Waals surface area contributed by atoms with Crippen molar-refractivity contribution < 1.29 is 27.5 Å². The lowest BCUT2D eigenvalue weighted by molar-refractivity contribution is -0.188.